The first-order valence-electron chi connectivity index (χ1n) is 4.49. The third-order valence-electron chi connectivity index (χ3n) is 1.93. The van der Waals surface area contributed by atoms with Crippen LogP contribution in [-0.4, -0.2) is 4.98 Å². The number of ether oxygens (including phenoxy) is 1. The molecule has 3 nitrogen and oxygen atoms in total. The molecule has 0 aliphatic rings. The Kier molecular flexibility index (Phi) is 3.17. The van der Waals surface area contributed by atoms with Crippen LogP contribution in [0.15, 0.2) is 36.7 Å². The minimum atomic E-state index is 0.440. The van der Waals surface area contributed by atoms with E-state index in [4.69, 9.17) is 33.7 Å². The molecule has 0 unspecified atom stereocenters. The van der Waals surface area contributed by atoms with Gasteiger partial charge in [-0.3, -0.25) is 4.98 Å². The Morgan fingerprint density at radius 1 is 1.12 bits per heavy atom. The zero-order valence-electron chi connectivity index (χ0n) is 8.15. The van der Waals surface area contributed by atoms with Gasteiger partial charge >= 0.3 is 0 Å². The van der Waals surface area contributed by atoms with E-state index in [1.807, 2.05) is 0 Å². The SMILES string of the molecule is Nc1ccc(Oc2ccncc2Cl)cc1Cl. The van der Waals surface area contributed by atoms with Crippen LogP contribution in [0.5, 0.6) is 11.5 Å². The van der Waals surface area contributed by atoms with Crippen molar-refractivity contribution in [1.29, 1.82) is 0 Å². The van der Waals surface area contributed by atoms with E-state index < -0.39 is 0 Å². The molecule has 1 aromatic heterocycles. The number of benzene rings is 1. The molecule has 16 heavy (non-hydrogen) atoms. The fourth-order valence-electron chi connectivity index (χ4n) is 1.14. The van der Waals surface area contributed by atoms with E-state index >= 15 is 0 Å². The van der Waals surface area contributed by atoms with Crippen molar-refractivity contribution in [3.63, 3.8) is 0 Å². The van der Waals surface area contributed by atoms with Crippen LogP contribution in [0.2, 0.25) is 10.0 Å². The third kappa shape index (κ3) is 2.38. The molecule has 0 saturated carbocycles. The molecule has 0 amide bonds. The molecule has 0 aliphatic heterocycles. The third-order valence-corrected chi connectivity index (χ3v) is 2.55. The molecule has 1 heterocycles. The number of pyridine rings is 1. The summed E-state index contributed by atoms with van der Waals surface area (Å²) in [5.41, 5.74) is 6.10. The molecule has 0 saturated heterocycles. The smallest absolute Gasteiger partial charge is 0.149 e. The molecule has 0 spiro atoms. The highest BCUT2D eigenvalue weighted by atomic mass is 35.5. The maximum atomic E-state index is 5.90. The summed E-state index contributed by atoms with van der Waals surface area (Å²) in [4.78, 5) is 3.86. The van der Waals surface area contributed by atoms with Gasteiger partial charge in [0.15, 0.2) is 0 Å². The van der Waals surface area contributed by atoms with Crippen LogP contribution in [0.4, 0.5) is 5.69 Å². The predicted molar refractivity (Wildman–Crippen MR) is 65.2 cm³/mol. The van der Waals surface area contributed by atoms with Crippen molar-refractivity contribution in [3.8, 4) is 11.5 Å². The van der Waals surface area contributed by atoms with Gasteiger partial charge in [-0.1, -0.05) is 23.2 Å². The van der Waals surface area contributed by atoms with E-state index in [-0.39, 0.29) is 0 Å². The highest BCUT2D eigenvalue weighted by Gasteiger charge is 2.04. The Labute approximate surface area is 103 Å². The molecule has 1 aromatic carbocycles. The van der Waals surface area contributed by atoms with Gasteiger partial charge in [0.1, 0.15) is 16.5 Å². The van der Waals surface area contributed by atoms with Crippen molar-refractivity contribution in [1.82, 2.24) is 4.98 Å². The second kappa shape index (κ2) is 4.60. The molecule has 82 valence electrons. The number of hydrogen-bond donors (Lipinski definition) is 1. The van der Waals surface area contributed by atoms with Crippen LogP contribution in [-0.2, 0) is 0 Å². The van der Waals surface area contributed by atoms with Gasteiger partial charge in [0.25, 0.3) is 0 Å². The van der Waals surface area contributed by atoms with Crippen molar-refractivity contribution in [2.45, 2.75) is 0 Å². The topological polar surface area (TPSA) is 48.1 Å². The van der Waals surface area contributed by atoms with E-state index in [1.165, 1.54) is 6.20 Å². The number of hydrogen-bond acceptors (Lipinski definition) is 3. The second-order valence-electron chi connectivity index (χ2n) is 3.09. The Morgan fingerprint density at radius 3 is 2.62 bits per heavy atom. The minimum Gasteiger partial charge on any atom is -0.456 e. The Balaban J connectivity index is 2.28. The average molecular weight is 255 g/mol. The molecular formula is C11H8Cl2N2O. The minimum absolute atomic E-state index is 0.440. The lowest BCUT2D eigenvalue weighted by molar-refractivity contribution is 0.482. The van der Waals surface area contributed by atoms with Gasteiger partial charge in [-0.05, 0) is 12.1 Å². The van der Waals surface area contributed by atoms with Gasteiger partial charge in [0.2, 0.25) is 0 Å². The molecule has 0 bridgehead atoms. The van der Waals surface area contributed by atoms with Crippen molar-refractivity contribution < 1.29 is 4.74 Å². The Hall–Kier alpha value is -1.45. The van der Waals surface area contributed by atoms with E-state index in [2.05, 4.69) is 4.98 Å². The van der Waals surface area contributed by atoms with E-state index in [9.17, 15) is 0 Å². The van der Waals surface area contributed by atoms with Crippen molar-refractivity contribution in [2.24, 2.45) is 0 Å². The first kappa shape index (κ1) is 11.0. The van der Waals surface area contributed by atoms with Gasteiger partial charge in [0.05, 0.1) is 10.7 Å². The monoisotopic (exact) mass is 254 g/mol. The number of nitrogens with zero attached hydrogens (tertiary/aromatic N) is 1. The summed E-state index contributed by atoms with van der Waals surface area (Å²) in [6, 6.07) is 6.70. The van der Waals surface area contributed by atoms with Crippen LogP contribution in [0, 0.1) is 0 Å². The molecule has 2 aromatic rings. The summed E-state index contributed by atoms with van der Waals surface area (Å²) in [5, 5.41) is 0.887. The van der Waals surface area contributed by atoms with E-state index in [1.54, 1.807) is 30.5 Å². The number of nitrogen functional groups attached to an aromatic ring is 1. The lowest BCUT2D eigenvalue weighted by Gasteiger charge is -2.07. The van der Waals surface area contributed by atoms with Crippen molar-refractivity contribution >= 4 is 28.9 Å². The molecule has 2 N–H and O–H groups in total. The largest absolute Gasteiger partial charge is 0.456 e. The molecular weight excluding hydrogens is 247 g/mol. The number of nitrogens with two attached hydrogens (primary N) is 1. The van der Waals surface area contributed by atoms with Crippen LogP contribution in [0.25, 0.3) is 0 Å². The summed E-state index contributed by atoms with van der Waals surface area (Å²) in [6.45, 7) is 0. The molecule has 0 atom stereocenters. The zero-order chi connectivity index (χ0) is 11.5. The first-order valence-corrected chi connectivity index (χ1v) is 5.25. The maximum absolute atomic E-state index is 5.90. The fourth-order valence-corrected chi connectivity index (χ4v) is 1.47. The second-order valence-corrected chi connectivity index (χ2v) is 3.91. The van der Waals surface area contributed by atoms with Gasteiger partial charge in [0, 0.05) is 24.5 Å². The summed E-state index contributed by atoms with van der Waals surface area (Å²) in [7, 11) is 0. The first-order chi connectivity index (χ1) is 7.66. The number of halogens is 2. The van der Waals surface area contributed by atoms with E-state index in [0.717, 1.165) is 0 Å². The van der Waals surface area contributed by atoms with Crippen LogP contribution < -0.4 is 10.5 Å². The summed E-state index contributed by atoms with van der Waals surface area (Å²) in [5.74, 6) is 1.10. The number of anilines is 1. The Bertz CT molecular complexity index is 517. The van der Waals surface area contributed by atoms with Crippen LogP contribution in [0.1, 0.15) is 0 Å². The Morgan fingerprint density at radius 2 is 1.94 bits per heavy atom. The summed E-state index contributed by atoms with van der Waals surface area (Å²) in [6.07, 6.45) is 3.11. The molecule has 2 rings (SSSR count). The lowest BCUT2D eigenvalue weighted by atomic mass is 10.3. The van der Waals surface area contributed by atoms with Crippen molar-refractivity contribution in [3.05, 3.63) is 46.7 Å². The van der Waals surface area contributed by atoms with Gasteiger partial charge in [-0.15, -0.1) is 0 Å². The summed E-state index contributed by atoms with van der Waals surface area (Å²) >= 11 is 11.8. The molecule has 0 aliphatic carbocycles. The maximum Gasteiger partial charge on any atom is 0.149 e. The predicted octanol–water partition coefficient (Wildman–Crippen LogP) is 3.76. The quantitative estimate of drug-likeness (QED) is 0.831. The molecule has 5 heteroatoms. The fraction of sp³-hybridized carbons (Fsp3) is 0. The number of rotatable bonds is 2. The molecule has 0 radical (unpaired) electrons. The van der Waals surface area contributed by atoms with Crippen molar-refractivity contribution in [2.75, 3.05) is 5.73 Å². The summed E-state index contributed by atoms with van der Waals surface area (Å²) < 4.78 is 5.53. The number of aromatic nitrogens is 1. The van der Waals surface area contributed by atoms with Gasteiger partial charge < -0.3 is 10.5 Å². The van der Waals surface area contributed by atoms with Gasteiger partial charge in [-0.2, -0.15) is 0 Å². The van der Waals surface area contributed by atoms with Crippen LogP contribution >= 0.6 is 23.2 Å². The molecule has 0 fully saturated rings. The zero-order valence-corrected chi connectivity index (χ0v) is 9.66. The van der Waals surface area contributed by atoms with Crippen LogP contribution in [0.3, 0.4) is 0 Å². The highest BCUT2D eigenvalue weighted by molar-refractivity contribution is 6.33. The highest BCUT2D eigenvalue weighted by Crippen LogP contribution is 2.31. The van der Waals surface area contributed by atoms with E-state index in [0.29, 0.717) is 27.2 Å². The average Bonchev–Trinajstić information content (AvgIpc) is 2.27. The van der Waals surface area contributed by atoms with Gasteiger partial charge in [-0.25, -0.2) is 0 Å². The lowest BCUT2D eigenvalue weighted by Crippen LogP contribution is -1.89. The standard InChI is InChI=1S/C11H8Cl2N2O/c12-8-5-7(1-2-10(8)14)16-11-3-4-15-6-9(11)13/h1-6H,14H2. The normalized spacial score (nSPS) is 10.1.